The smallest absolute Gasteiger partial charge is 0.276 e. The molecule has 2 aromatic rings. The second kappa shape index (κ2) is 7.00. The molecular formula is C13H10Cl3N3O3S. The molecule has 0 spiro atoms. The highest BCUT2D eigenvalue weighted by Crippen LogP contribution is 2.30. The van der Waals surface area contributed by atoms with Crippen molar-refractivity contribution in [2.75, 3.05) is 11.1 Å². The lowest BCUT2D eigenvalue weighted by atomic mass is 10.3. The van der Waals surface area contributed by atoms with Gasteiger partial charge in [-0.05, 0) is 12.1 Å². The summed E-state index contributed by atoms with van der Waals surface area (Å²) in [5, 5.41) is 2.33. The third-order valence-electron chi connectivity index (χ3n) is 2.80. The molecule has 1 amide bonds. The van der Waals surface area contributed by atoms with Crippen molar-refractivity contribution in [1.29, 1.82) is 0 Å². The Kier molecular flexibility index (Phi) is 5.46. The van der Waals surface area contributed by atoms with E-state index in [1.54, 1.807) is 12.1 Å². The summed E-state index contributed by atoms with van der Waals surface area (Å²) in [5.41, 5.74) is -0.0246. The monoisotopic (exact) mass is 393 g/mol. The predicted octanol–water partition coefficient (Wildman–Crippen LogP) is 3.48. The number of rotatable bonds is 4. The number of hydrogen-bond acceptors (Lipinski definition) is 5. The van der Waals surface area contributed by atoms with Crippen LogP contribution in [0, 0.1) is 0 Å². The zero-order valence-corrected chi connectivity index (χ0v) is 14.8. The maximum atomic E-state index is 12.3. The average molecular weight is 395 g/mol. The highest BCUT2D eigenvalue weighted by atomic mass is 35.5. The van der Waals surface area contributed by atoms with Gasteiger partial charge in [0.15, 0.2) is 5.69 Å². The van der Waals surface area contributed by atoms with Crippen LogP contribution in [0.1, 0.15) is 17.4 Å². The molecule has 1 aromatic heterocycles. The number of anilines is 1. The molecule has 0 saturated heterocycles. The molecule has 23 heavy (non-hydrogen) atoms. The summed E-state index contributed by atoms with van der Waals surface area (Å²) in [4.78, 5) is 19.7. The minimum atomic E-state index is -3.67. The van der Waals surface area contributed by atoms with Gasteiger partial charge in [0.2, 0.25) is 15.0 Å². The maximum absolute atomic E-state index is 12.3. The molecule has 0 aliphatic rings. The molecule has 0 aliphatic carbocycles. The van der Waals surface area contributed by atoms with Gasteiger partial charge in [-0.25, -0.2) is 18.4 Å². The van der Waals surface area contributed by atoms with Crippen LogP contribution in [-0.2, 0) is 9.84 Å². The van der Waals surface area contributed by atoms with Crippen LogP contribution in [0.15, 0.2) is 29.6 Å². The summed E-state index contributed by atoms with van der Waals surface area (Å²) in [6.07, 6.45) is 1.06. The standard InChI is InChI=1S/C13H10Cl3N3O3S/c1-2-23(21,22)13-17-6-8(15)11(19-13)12(20)18-9-5-3-4-7(14)10(9)16/h3-6H,2H2,1H3,(H,18,20). The van der Waals surface area contributed by atoms with Crippen LogP contribution in [0.2, 0.25) is 15.1 Å². The number of sulfone groups is 1. The van der Waals surface area contributed by atoms with Gasteiger partial charge in [0.25, 0.3) is 5.91 Å². The van der Waals surface area contributed by atoms with Crippen molar-refractivity contribution >= 4 is 56.2 Å². The van der Waals surface area contributed by atoms with Crippen molar-refractivity contribution in [3.63, 3.8) is 0 Å². The van der Waals surface area contributed by atoms with E-state index in [-0.39, 0.29) is 32.2 Å². The minimum absolute atomic E-state index is 0.0873. The number of nitrogens with one attached hydrogen (secondary N) is 1. The first-order valence-corrected chi connectivity index (χ1v) is 9.05. The summed E-state index contributed by atoms with van der Waals surface area (Å²) in [6, 6.07) is 4.69. The number of carbonyl (C=O) groups excluding carboxylic acids is 1. The summed E-state index contributed by atoms with van der Waals surface area (Å²) in [7, 11) is -3.67. The SMILES string of the molecule is CCS(=O)(=O)c1ncc(Cl)c(C(=O)Nc2cccc(Cl)c2Cl)n1. The summed E-state index contributed by atoms with van der Waals surface area (Å²) >= 11 is 17.7. The fourth-order valence-corrected chi connectivity index (χ4v) is 2.80. The third kappa shape index (κ3) is 3.92. The molecule has 6 nitrogen and oxygen atoms in total. The fraction of sp³-hybridized carbons (Fsp3) is 0.154. The van der Waals surface area contributed by atoms with E-state index in [0.29, 0.717) is 0 Å². The number of hydrogen-bond donors (Lipinski definition) is 1. The summed E-state index contributed by atoms with van der Waals surface area (Å²) in [5.74, 6) is -0.926. The molecule has 0 bridgehead atoms. The second-order valence-corrected chi connectivity index (χ2v) is 7.67. The Labute approximate surface area is 147 Å². The van der Waals surface area contributed by atoms with Gasteiger partial charge in [0.1, 0.15) is 0 Å². The fourth-order valence-electron chi connectivity index (χ4n) is 1.57. The molecule has 10 heteroatoms. The molecule has 0 aliphatic heterocycles. The van der Waals surface area contributed by atoms with E-state index >= 15 is 0 Å². The van der Waals surface area contributed by atoms with Crippen molar-refractivity contribution in [2.45, 2.75) is 12.1 Å². The van der Waals surface area contributed by atoms with Crippen LogP contribution < -0.4 is 5.32 Å². The largest absolute Gasteiger partial charge is 0.319 e. The van der Waals surface area contributed by atoms with Crippen LogP contribution in [-0.4, -0.2) is 30.0 Å². The lowest BCUT2D eigenvalue weighted by molar-refractivity contribution is 0.102. The Hall–Kier alpha value is -1.41. The number of nitrogens with zero attached hydrogens (tertiary/aromatic N) is 2. The van der Waals surface area contributed by atoms with Crippen molar-refractivity contribution in [1.82, 2.24) is 9.97 Å². The number of aromatic nitrogens is 2. The molecule has 0 saturated carbocycles. The van der Waals surface area contributed by atoms with E-state index in [4.69, 9.17) is 34.8 Å². The Bertz CT molecular complexity index is 872. The minimum Gasteiger partial charge on any atom is -0.319 e. The summed E-state index contributed by atoms with van der Waals surface area (Å²) < 4.78 is 23.6. The molecular weight excluding hydrogens is 385 g/mol. The van der Waals surface area contributed by atoms with Crippen LogP contribution in [0.25, 0.3) is 0 Å². The van der Waals surface area contributed by atoms with Gasteiger partial charge in [0, 0.05) is 0 Å². The molecule has 1 N–H and O–H groups in total. The topological polar surface area (TPSA) is 89.0 Å². The Morgan fingerprint density at radius 2 is 1.91 bits per heavy atom. The highest BCUT2D eigenvalue weighted by molar-refractivity contribution is 7.91. The van der Waals surface area contributed by atoms with Crippen LogP contribution in [0.5, 0.6) is 0 Å². The predicted molar refractivity (Wildman–Crippen MR) is 89.2 cm³/mol. The van der Waals surface area contributed by atoms with Crippen molar-refractivity contribution in [3.05, 3.63) is 45.2 Å². The van der Waals surface area contributed by atoms with Gasteiger partial charge in [-0.3, -0.25) is 4.79 Å². The van der Waals surface area contributed by atoms with Crippen molar-refractivity contribution in [3.8, 4) is 0 Å². The lowest BCUT2D eigenvalue weighted by Gasteiger charge is -2.09. The number of halogens is 3. The summed E-state index contributed by atoms with van der Waals surface area (Å²) in [6.45, 7) is 1.44. The van der Waals surface area contributed by atoms with Gasteiger partial charge in [-0.15, -0.1) is 0 Å². The number of carbonyl (C=O) groups is 1. The zero-order chi connectivity index (χ0) is 17.2. The molecule has 0 unspecified atom stereocenters. The first-order chi connectivity index (χ1) is 10.8. The van der Waals surface area contributed by atoms with E-state index in [0.717, 1.165) is 6.20 Å². The van der Waals surface area contributed by atoms with Crippen molar-refractivity contribution < 1.29 is 13.2 Å². The van der Waals surface area contributed by atoms with Crippen LogP contribution in [0.4, 0.5) is 5.69 Å². The maximum Gasteiger partial charge on any atom is 0.276 e. The van der Waals surface area contributed by atoms with Gasteiger partial charge in [-0.2, -0.15) is 0 Å². The normalized spacial score (nSPS) is 11.3. The van der Waals surface area contributed by atoms with Gasteiger partial charge >= 0.3 is 0 Å². The molecule has 1 heterocycles. The average Bonchev–Trinajstić information content (AvgIpc) is 2.52. The first-order valence-electron chi connectivity index (χ1n) is 6.27. The van der Waals surface area contributed by atoms with E-state index in [9.17, 15) is 13.2 Å². The van der Waals surface area contributed by atoms with E-state index < -0.39 is 20.9 Å². The Balaban J connectivity index is 2.40. The van der Waals surface area contributed by atoms with Crippen LogP contribution in [0.3, 0.4) is 0 Å². The highest BCUT2D eigenvalue weighted by Gasteiger charge is 2.21. The molecule has 0 radical (unpaired) electrons. The third-order valence-corrected chi connectivity index (χ3v) is 5.40. The van der Waals surface area contributed by atoms with Gasteiger partial charge in [-0.1, -0.05) is 47.8 Å². The van der Waals surface area contributed by atoms with E-state index in [1.165, 1.54) is 13.0 Å². The van der Waals surface area contributed by atoms with Crippen molar-refractivity contribution in [2.24, 2.45) is 0 Å². The molecule has 122 valence electrons. The van der Waals surface area contributed by atoms with E-state index in [2.05, 4.69) is 15.3 Å². The van der Waals surface area contributed by atoms with Gasteiger partial charge < -0.3 is 5.32 Å². The Morgan fingerprint density at radius 1 is 1.22 bits per heavy atom. The Morgan fingerprint density at radius 3 is 2.57 bits per heavy atom. The molecule has 0 fully saturated rings. The molecule has 0 atom stereocenters. The van der Waals surface area contributed by atoms with Gasteiger partial charge in [0.05, 0.1) is 32.7 Å². The molecule has 2 rings (SSSR count). The quantitative estimate of drug-likeness (QED) is 0.802. The zero-order valence-electron chi connectivity index (χ0n) is 11.7. The first kappa shape index (κ1) is 17.9. The lowest BCUT2D eigenvalue weighted by Crippen LogP contribution is -2.18. The van der Waals surface area contributed by atoms with Crippen LogP contribution >= 0.6 is 34.8 Å². The second-order valence-electron chi connectivity index (χ2n) is 4.31. The number of benzene rings is 1. The number of amides is 1. The molecule has 1 aromatic carbocycles. The van der Waals surface area contributed by atoms with E-state index in [1.807, 2.05) is 0 Å².